The molecule has 37 heavy (non-hydrogen) atoms. The zero-order chi connectivity index (χ0) is 26.4. The van der Waals surface area contributed by atoms with Gasteiger partial charge in [-0.3, -0.25) is 9.78 Å². The van der Waals surface area contributed by atoms with Crippen molar-refractivity contribution >= 4 is 40.8 Å². The Morgan fingerprint density at radius 1 is 1.11 bits per heavy atom. The summed E-state index contributed by atoms with van der Waals surface area (Å²) in [6.07, 6.45) is 7.04. The number of benzene rings is 2. The summed E-state index contributed by atoms with van der Waals surface area (Å²) in [4.78, 5) is 32.4. The summed E-state index contributed by atoms with van der Waals surface area (Å²) in [5.41, 5.74) is 2.75. The minimum atomic E-state index is -1.33. The van der Waals surface area contributed by atoms with E-state index in [2.05, 4.69) is 33.4 Å². The van der Waals surface area contributed by atoms with Crippen molar-refractivity contribution in [2.75, 3.05) is 18.0 Å². The van der Waals surface area contributed by atoms with Gasteiger partial charge in [0.15, 0.2) is 0 Å². The van der Waals surface area contributed by atoms with E-state index in [4.69, 9.17) is 28.5 Å². The number of nitriles is 1. The molecule has 0 spiro atoms. The van der Waals surface area contributed by atoms with Gasteiger partial charge in [0.1, 0.15) is 6.04 Å². The maximum Gasteiger partial charge on any atom is 0.326 e. The summed E-state index contributed by atoms with van der Waals surface area (Å²) in [5.74, 6) is -2.63. The fourth-order valence-electron chi connectivity index (χ4n) is 4.34. The molecule has 2 aromatic carbocycles. The standard InChI is InChI=1S/C28H24Cl2N4O3/c29-22-5-4-6-23(30)25(22)27(35)33-26(28(36)37)21(15-18-7-9-19(17-31)10-8-18)24-16-20(11-12-32-24)34-13-2-1-3-14-34/h1-2,4-12,16,21,26H,3,13-15H2,(H,33,35)(H,36,37)/t21-,26-/m0/s1. The van der Waals surface area contributed by atoms with Gasteiger partial charge in [-0.1, -0.05) is 53.6 Å². The predicted octanol–water partition coefficient (Wildman–Crippen LogP) is 5.24. The van der Waals surface area contributed by atoms with E-state index in [-0.39, 0.29) is 22.0 Å². The first kappa shape index (κ1) is 26.2. The minimum Gasteiger partial charge on any atom is -0.480 e. The lowest BCUT2D eigenvalue weighted by Crippen LogP contribution is -2.46. The predicted molar refractivity (Wildman–Crippen MR) is 143 cm³/mol. The normalized spacial score (nSPS) is 14.5. The lowest BCUT2D eigenvalue weighted by Gasteiger charge is -2.28. The van der Waals surface area contributed by atoms with Crippen LogP contribution in [0, 0.1) is 11.3 Å². The van der Waals surface area contributed by atoms with E-state index in [0.717, 1.165) is 30.8 Å². The van der Waals surface area contributed by atoms with Gasteiger partial charge in [-0.25, -0.2) is 4.79 Å². The molecule has 0 radical (unpaired) electrons. The van der Waals surface area contributed by atoms with Crippen molar-refractivity contribution in [3.05, 3.63) is 105 Å². The Bertz CT molecular complexity index is 1350. The highest BCUT2D eigenvalue weighted by Crippen LogP contribution is 2.29. The molecule has 0 bridgehead atoms. The van der Waals surface area contributed by atoms with E-state index in [9.17, 15) is 14.7 Å². The number of pyridine rings is 1. The molecule has 7 nitrogen and oxygen atoms in total. The Labute approximate surface area is 225 Å². The highest BCUT2D eigenvalue weighted by Gasteiger charge is 2.34. The second-order valence-corrected chi connectivity index (χ2v) is 9.46. The fourth-order valence-corrected chi connectivity index (χ4v) is 4.91. The molecule has 1 aliphatic rings. The maximum absolute atomic E-state index is 13.2. The molecule has 0 saturated heterocycles. The first-order valence-corrected chi connectivity index (χ1v) is 12.5. The van der Waals surface area contributed by atoms with E-state index in [1.165, 1.54) is 12.1 Å². The molecular formula is C28H24Cl2N4O3. The van der Waals surface area contributed by atoms with Gasteiger partial charge >= 0.3 is 5.97 Å². The van der Waals surface area contributed by atoms with E-state index in [0.29, 0.717) is 11.3 Å². The number of hydrogen-bond acceptors (Lipinski definition) is 5. The van der Waals surface area contributed by atoms with Crippen molar-refractivity contribution in [3.8, 4) is 6.07 Å². The van der Waals surface area contributed by atoms with Crippen LogP contribution in [0.15, 0.2) is 72.9 Å². The molecule has 0 saturated carbocycles. The molecule has 0 aliphatic carbocycles. The number of carboxylic acids is 1. The summed E-state index contributed by atoms with van der Waals surface area (Å²) in [5, 5.41) is 22.3. The summed E-state index contributed by atoms with van der Waals surface area (Å²) in [7, 11) is 0. The summed E-state index contributed by atoms with van der Waals surface area (Å²) >= 11 is 12.4. The first-order valence-electron chi connectivity index (χ1n) is 11.7. The number of nitrogens with one attached hydrogen (secondary N) is 1. The van der Waals surface area contributed by atoms with Crippen molar-refractivity contribution in [1.29, 1.82) is 5.26 Å². The Hall–Kier alpha value is -3.86. The van der Waals surface area contributed by atoms with Crippen LogP contribution < -0.4 is 10.2 Å². The number of carbonyl (C=O) groups is 2. The van der Waals surface area contributed by atoms with Crippen LogP contribution in [0.1, 0.15) is 39.5 Å². The minimum absolute atomic E-state index is 0.0102. The number of rotatable bonds is 8. The molecule has 3 aromatic rings. The lowest BCUT2D eigenvalue weighted by molar-refractivity contribution is -0.139. The third-order valence-electron chi connectivity index (χ3n) is 6.25. The van der Waals surface area contributed by atoms with Gasteiger partial charge in [-0.05, 0) is 54.8 Å². The summed E-state index contributed by atoms with van der Waals surface area (Å²) in [6, 6.07) is 16.0. The number of aromatic nitrogens is 1. The molecule has 1 aromatic heterocycles. The number of aliphatic carboxylic acids is 1. The topological polar surface area (TPSA) is 106 Å². The highest BCUT2D eigenvalue weighted by molar-refractivity contribution is 6.39. The van der Waals surface area contributed by atoms with E-state index in [1.54, 1.807) is 36.5 Å². The van der Waals surface area contributed by atoms with Crippen LogP contribution in [0.5, 0.6) is 0 Å². The van der Waals surface area contributed by atoms with Crippen LogP contribution in [-0.4, -0.2) is 41.1 Å². The number of carbonyl (C=O) groups excluding carboxylic acids is 1. The quantitative estimate of drug-likeness (QED) is 0.383. The van der Waals surface area contributed by atoms with Crippen LogP contribution in [0.4, 0.5) is 5.69 Å². The smallest absolute Gasteiger partial charge is 0.326 e. The molecule has 9 heteroatoms. The number of amides is 1. The average molecular weight is 535 g/mol. The molecular weight excluding hydrogens is 511 g/mol. The van der Waals surface area contributed by atoms with E-state index < -0.39 is 23.8 Å². The van der Waals surface area contributed by atoms with Crippen molar-refractivity contribution < 1.29 is 14.7 Å². The fraction of sp³-hybridized carbons (Fsp3) is 0.214. The van der Waals surface area contributed by atoms with Crippen LogP contribution in [0.2, 0.25) is 10.0 Å². The van der Waals surface area contributed by atoms with Gasteiger partial charge in [0.05, 0.1) is 27.2 Å². The largest absolute Gasteiger partial charge is 0.480 e. The monoisotopic (exact) mass is 534 g/mol. The Kier molecular flexibility index (Phi) is 8.44. The van der Waals surface area contributed by atoms with Gasteiger partial charge in [0.2, 0.25) is 0 Å². The number of halogens is 2. The molecule has 2 N–H and O–H groups in total. The van der Waals surface area contributed by atoms with Gasteiger partial charge in [0.25, 0.3) is 5.91 Å². The van der Waals surface area contributed by atoms with Gasteiger partial charge in [0, 0.05) is 36.6 Å². The van der Waals surface area contributed by atoms with Crippen LogP contribution >= 0.6 is 23.2 Å². The Morgan fingerprint density at radius 3 is 2.46 bits per heavy atom. The molecule has 4 rings (SSSR count). The molecule has 2 heterocycles. The molecule has 0 fully saturated rings. The first-order chi connectivity index (χ1) is 17.9. The van der Waals surface area contributed by atoms with Crippen LogP contribution in [0.3, 0.4) is 0 Å². The Morgan fingerprint density at radius 2 is 1.84 bits per heavy atom. The van der Waals surface area contributed by atoms with Crippen LogP contribution in [0.25, 0.3) is 0 Å². The van der Waals surface area contributed by atoms with E-state index in [1.807, 2.05) is 12.1 Å². The second kappa shape index (κ2) is 11.9. The van der Waals surface area contributed by atoms with E-state index >= 15 is 0 Å². The third-order valence-corrected chi connectivity index (χ3v) is 6.88. The van der Waals surface area contributed by atoms with Crippen molar-refractivity contribution in [3.63, 3.8) is 0 Å². The van der Waals surface area contributed by atoms with Crippen LogP contribution in [-0.2, 0) is 11.2 Å². The molecule has 1 aliphatic heterocycles. The third kappa shape index (κ3) is 6.29. The number of hydrogen-bond donors (Lipinski definition) is 2. The highest BCUT2D eigenvalue weighted by atomic mass is 35.5. The lowest BCUT2D eigenvalue weighted by atomic mass is 9.88. The Balaban J connectivity index is 1.72. The SMILES string of the molecule is N#Cc1ccc(C[C@@H](c2cc(N3CC=CCC3)ccn2)[C@H](NC(=O)c2c(Cl)cccc2Cl)C(=O)O)cc1. The van der Waals surface area contributed by atoms with Gasteiger partial charge in [-0.15, -0.1) is 0 Å². The van der Waals surface area contributed by atoms with Gasteiger partial charge < -0.3 is 15.3 Å². The van der Waals surface area contributed by atoms with Gasteiger partial charge in [-0.2, -0.15) is 5.26 Å². The van der Waals surface area contributed by atoms with Crippen molar-refractivity contribution in [2.24, 2.45) is 0 Å². The van der Waals surface area contributed by atoms with Crippen molar-refractivity contribution in [2.45, 2.75) is 24.8 Å². The van der Waals surface area contributed by atoms with Crippen molar-refractivity contribution in [1.82, 2.24) is 10.3 Å². The zero-order valence-corrected chi connectivity index (χ0v) is 21.3. The molecule has 1 amide bonds. The number of anilines is 1. The second-order valence-electron chi connectivity index (χ2n) is 8.65. The molecule has 2 atom stereocenters. The number of carboxylic acid groups (broad SMARTS) is 1. The zero-order valence-electron chi connectivity index (χ0n) is 19.8. The summed E-state index contributed by atoms with van der Waals surface area (Å²) in [6.45, 7) is 1.58. The molecule has 188 valence electrons. The number of nitrogens with zero attached hydrogens (tertiary/aromatic N) is 3. The summed E-state index contributed by atoms with van der Waals surface area (Å²) < 4.78 is 0. The molecule has 0 unspecified atom stereocenters. The maximum atomic E-state index is 13.2. The average Bonchev–Trinajstić information content (AvgIpc) is 2.91.